The maximum Gasteiger partial charge on any atom is 0.317 e. The summed E-state index contributed by atoms with van der Waals surface area (Å²) >= 11 is 0. The number of hydrogen-bond acceptors (Lipinski definition) is 4. The fourth-order valence-corrected chi connectivity index (χ4v) is 2.24. The number of carbonyl (C=O) groups is 2. The summed E-state index contributed by atoms with van der Waals surface area (Å²) in [6, 6.07) is 4.94. The third-order valence-corrected chi connectivity index (χ3v) is 3.81. The summed E-state index contributed by atoms with van der Waals surface area (Å²) < 4.78 is 11.0. The van der Waals surface area contributed by atoms with Crippen LogP contribution in [0.3, 0.4) is 0 Å². The van der Waals surface area contributed by atoms with E-state index >= 15 is 0 Å². The van der Waals surface area contributed by atoms with Crippen LogP contribution >= 0.6 is 0 Å². The minimum absolute atomic E-state index is 0.140. The zero-order valence-electron chi connectivity index (χ0n) is 15.5. The van der Waals surface area contributed by atoms with Crippen molar-refractivity contribution in [3.63, 3.8) is 0 Å². The smallest absolute Gasteiger partial charge is 0.317 e. The standard InChI is InChI=1S/C18H28N2O5/c1-6-9-25-15-8-7-14(10-16(15)24-5)13(3)19-18(23)20(4)11-12(2)17(21)22/h7-8,10,12-13H,6,9,11H2,1-5H3,(H,19,23)(H,21,22). The number of ether oxygens (including phenoxy) is 2. The lowest BCUT2D eigenvalue weighted by atomic mass is 10.1. The van der Waals surface area contributed by atoms with E-state index < -0.39 is 11.9 Å². The van der Waals surface area contributed by atoms with Crippen LogP contribution in [-0.2, 0) is 4.79 Å². The van der Waals surface area contributed by atoms with Crippen LogP contribution in [-0.4, -0.2) is 49.3 Å². The van der Waals surface area contributed by atoms with Crippen molar-refractivity contribution >= 4 is 12.0 Å². The number of aliphatic carboxylic acids is 1. The summed E-state index contributed by atoms with van der Waals surface area (Å²) in [6.45, 7) is 6.19. The molecule has 1 aromatic carbocycles. The molecule has 0 bridgehead atoms. The van der Waals surface area contributed by atoms with Gasteiger partial charge in [-0.3, -0.25) is 4.79 Å². The normalized spacial score (nSPS) is 12.8. The third kappa shape index (κ3) is 6.17. The van der Waals surface area contributed by atoms with Crippen LogP contribution in [0.4, 0.5) is 4.79 Å². The number of carbonyl (C=O) groups excluding carboxylic acids is 1. The Bertz CT molecular complexity index is 591. The van der Waals surface area contributed by atoms with Gasteiger partial charge < -0.3 is 24.8 Å². The second kappa shape index (κ2) is 9.76. The highest BCUT2D eigenvalue weighted by molar-refractivity contribution is 5.76. The van der Waals surface area contributed by atoms with Crippen molar-refractivity contribution < 1.29 is 24.2 Å². The van der Waals surface area contributed by atoms with Gasteiger partial charge in [-0.15, -0.1) is 0 Å². The second-order valence-corrected chi connectivity index (χ2v) is 6.05. The maximum absolute atomic E-state index is 12.2. The molecule has 0 spiro atoms. The summed E-state index contributed by atoms with van der Waals surface area (Å²) in [5.41, 5.74) is 0.869. The summed E-state index contributed by atoms with van der Waals surface area (Å²) in [7, 11) is 3.14. The predicted octanol–water partition coefficient (Wildman–Crippen LogP) is 2.91. The van der Waals surface area contributed by atoms with Gasteiger partial charge in [0.15, 0.2) is 11.5 Å². The number of carboxylic acids is 1. The average molecular weight is 352 g/mol. The van der Waals surface area contributed by atoms with Crippen LogP contribution in [0.5, 0.6) is 11.5 Å². The number of amides is 2. The molecule has 7 heteroatoms. The first-order chi connectivity index (χ1) is 11.8. The predicted molar refractivity (Wildman–Crippen MR) is 95.2 cm³/mol. The number of benzene rings is 1. The molecule has 140 valence electrons. The molecule has 0 fully saturated rings. The number of urea groups is 1. The quantitative estimate of drug-likeness (QED) is 0.713. The van der Waals surface area contributed by atoms with Crippen LogP contribution in [0.1, 0.15) is 38.8 Å². The number of nitrogens with zero attached hydrogens (tertiary/aromatic N) is 1. The van der Waals surface area contributed by atoms with E-state index in [1.165, 1.54) is 4.90 Å². The van der Waals surface area contributed by atoms with Crippen molar-refractivity contribution in [1.82, 2.24) is 10.2 Å². The first-order valence-electron chi connectivity index (χ1n) is 8.35. The molecule has 1 rings (SSSR count). The molecule has 2 amide bonds. The van der Waals surface area contributed by atoms with Crippen LogP contribution < -0.4 is 14.8 Å². The van der Waals surface area contributed by atoms with Crippen LogP contribution in [0, 0.1) is 5.92 Å². The van der Waals surface area contributed by atoms with Crippen molar-refractivity contribution in [3.05, 3.63) is 23.8 Å². The molecule has 2 N–H and O–H groups in total. The molecule has 0 aliphatic heterocycles. The van der Waals surface area contributed by atoms with E-state index in [4.69, 9.17) is 14.6 Å². The lowest BCUT2D eigenvalue weighted by molar-refractivity contribution is -0.141. The van der Waals surface area contributed by atoms with Gasteiger partial charge in [-0.1, -0.05) is 19.9 Å². The zero-order valence-corrected chi connectivity index (χ0v) is 15.5. The maximum atomic E-state index is 12.2. The summed E-state index contributed by atoms with van der Waals surface area (Å²) in [4.78, 5) is 24.5. The van der Waals surface area contributed by atoms with E-state index in [1.807, 2.05) is 32.0 Å². The van der Waals surface area contributed by atoms with E-state index in [0.29, 0.717) is 18.1 Å². The van der Waals surface area contributed by atoms with E-state index in [0.717, 1.165) is 12.0 Å². The Kier molecular flexibility index (Phi) is 8.04. The van der Waals surface area contributed by atoms with Gasteiger partial charge in [0.2, 0.25) is 0 Å². The monoisotopic (exact) mass is 352 g/mol. The Morgan fingerprint density at radius 2 is 1.96 bits per heavy atom. The lowest BCUT2D eigenvalue weighted by Gasteiger charge is -2.23. The lowest BCUT2D eigenvalue weighted by Crippen LogP contribution is -2.41. The molecule has 0 aromatic heterocycles. The van der Waals surface area contributed by atoms with E-state index in [-0.39, 0.29) is 18.6 Å². The molecule has 2 atom stereocenters. The first kappa shape index (κ1) is 20.6. The van der Waals surface area contributed by atoms with E-state index in [1.54, 1.807) is 21.1 Å². The fourth-order valence-electron chi connectivity index (χ4n) is 2.24. The number of nitrogens with one attached hydrogen (secondary N) is 1. The number of hydrogen-bond donors (Lipinski definition) is 2. The Balaban J connectivity index is 2.74. The SMILES string of the molecule is CCCOc1ccc(C(C)NC(=O)N(C)CC(C)C(=O)O)cc1OC. The van der Waals surface area contributed by atoms with Crippen molar-refractivity contribution in [3.8, 4) is 11.5 Å². The van der Waals surface area contributed by atoms with Crippen molar-refractivity contribution in [2.24, 2.45) is 5.92 Å². The van der Waals surface area contributed by atoms with Gasteiger partial charge in [-0.2, -0.15) is 0 Å². The molecular weight excluding hydrogens is 324 g/mol. The highest BCUT2D eigenvalue weighted by Crippen LogP contribution is 2.30. The average Bonchev–Trinajstić information content (AvgIpc) is 2.59. The Morgan fingerprint density at radius 1 is 1.28 bits per heavy atom. The van der Waals surface area contributed by atoms with Crippen molar-refractivity contribution in [2.45, 2.75) is 33.2 Å². The zero-order chi connectivity index (χ0) is 19.0. The van der Waals surface area contributed by atoms with Crippen LogP contribution in [0.2, 0.25) is 0 Å². The van der Waals surface area contributed by atoms with Crippen molar-refractivity contribution in [1.29, 1.82) is 0 Å². The number of carboxylic acid groups (broad SMARTS) is 1. The Labute approximate surface area is 148 Å². The molecule has 0 saturated heterocycles. The van der Waals surface area contributed by atoms with Gasteiger partial charge in [0.1, 0.15) is 0 Å². The summed E-state index contributed by atoms with van der Waals surface area (Å²) in [5.74, 6) is -0.278. The minimum Gasteiger partial charge on any atom is -0.493 e. The molecule has 0 saturated carbocycles. The molecule has 2 unspecified atom stereocenters. The Hall–Kier alpha value is -2.44. The second-order valence-electron chi connectivity index (χ2n) is 6.05. The third-order valence-electron chi connectivity index (χ3n) is 3.81. The van der Waals surface area contributed by atoms with Gasteiger partial charge in [0.25, 0.3) is 0 Å². The largest absolute Gasteiger partial charge is 0.493 e. The molecule has 7 nitrogen and oxygen atoms in total. The van der Waals surface area contributed by atoms with Gasteiger partial charge in [0.05, 0.1) is 25.7 Å². The summed E-state index contributed by atoms with van der Waals surface area (Å²) in [5, 5.41) is 11.8. The van der Waals surface area contributed by atoms with Gasteiger partial charge in [-0.25, -0.2) is 4.79 Å². The molecule has 0 aliphatic carbocycles. The molecular formula is C18H28N2O5. The fraction of sp³-hybridized carbons (Fsp3) is 0.556. The van der Waals surface area contributed by atoms with Gasteiger partial charge in [-0.05, 0) is 31.0 Å². The van der Waals surface area contributed by atoms with Gasteiger partial charge >= 0.3 is 12.0 Å². The van der Waals surface area contributed by atoms with Crippen LogP contribution in [0.15, 0.2) is 18.2 Å². The molecule has 0 radical (unpaired) electrons. The molecule has 0 heterocycles. The minimum atomic E-state index is -0.930. The van der Waals surface area contributed by atoms with Crippen LogP contribution in [0.25, 0.3) is 0 Å². The number of rotatable bonds is 9. The molecule has 1 aromatic rings. The molecule has 25 heavy (non-hydrogen) atoms. The summed E-state index contributed by atoms with van der Waals surface area (Å²) in [6.07, 6.45) is 0.901. The topological polar surface area (TPSA) is 88.1 Å². The van der Waals surface area contributed by atoms with Gasteiger partial charge in [0, 0.05) is 13.6 Å². The van der Waals surface area contributed by atoms with E-state index in [2.05, 4.69) is 5.32 Å². The highest BCUT2D eigenvalue weighted by Gasteiger charge is 2.19. The highest BCUT2D eigenvalue weighted by atomic mass is 16.5. The van der Waals surface area contributed by atoms with Crippen molar-refractivity contribution in [2.75, 3.05) is 27.3 Å². The Morgan fingerprint density at radius 3 is 2.52 bits per heavy atom. The molecule has 0 aliphatic rings. The number of methoxy groups -OCH3 is 1. The van der Waals surface area contributed by atoms with E-state index in [9.17, 15) is 9.59 Å². The first-order valence-corrected chi connectivity index (χ1v) is 8.35.